The van der Waals surface area contributed by atoms with Gasteiger partial charge in [0.2, 0.25) is 0 Å². The topological polar surface area (TPSA) is 74.2 Å². The lowest BCUT2D eigenvalue weighted by Gasteiger charge is -2.15. The van der Waals surface area contributed by atoms with E-state index in [9.17, 15) is 9.46 Å². The summed E-state index contributed by atoms with van der Waals surface area (Å²) in [5.74, 6) is 1.61. The van der Waals surface area contributed by atoms with Crippen LogP contribution in [0.2, 0.25) is 0 Å². The van der Waals surface area contributed by atoms with Crippen molar-refractivity contribution in [2.75, 3.05) is 26.4 Å². The van der Waals surface area contributed by atoms with Crippen molar-refractivity contribution in [1.29, 1.82) is 0 Å². The quantitative estimate of drug-likeness (QED) is 0.0868. The maximum atomic E-state index is 12.3. The van der Waals surface area contributed by atoms with Crippen LogP contribution in [0.1, 0.15) is 115 Å². The maximum Gasteiger partial charge on any atom is 0.472 e. The lowest BCUT2D eigenvalue weighted by molar-refractivity contribution is 0.114. The molecule has 2 aromatic carbocycles. The Morgan fingerprint density at radius 1 is 0.537 bits per heavy atom. The smallest absolute Gasteiger partial charge is 0.472 e. The van der Waals surface area contributed by atoms with Crippen molar-refractivity contribution >= 4 is 7.82 Å². The highest BCUT2D eigenvalue weighted by atomic mass is 31.2. The van der Waals surface area contributed by atoms with Gasteiger partial charge >= 0.3 is 7.82 Å². The lowest BCUT2D eigenvalue weighted by atomic mass is 10.0. The summed E-state index contributed by atoms with van der Waals surface area (Å²) in [5.41, 5.74) is 2.32. The standard InChI is InChI=1S/C34H55O6P/c1-3-5-7-9-11-13-15-21-31-23-17-19-25-33(31)37-27-29-39-41(35,36)40-30-28-38-34-26-20-18-24-32(34)22-16-14-12-10-8-6-4-2/h17-20,23-26H,3-16,21-22,27-30H2,1-2H3,(H,35,36). The van der Waals surface area contributed by atoms with E-state index in [2.05, 4.69) is 26.0 Å². The van der Waals surface area contributed by atoms with Gasteiger partial charge in [-0.3, -0.25) is 9.05 Å². The van der Waals surface area contributed by atoms with Gasteiger partial charge in [-0.1, -0.05) is 127 Å². The zero-order chi connectivity index (χ0) is 29.4. The molecular formula is C34H55O6P. The predicted molar refractivity (Wildman–Crippen MR) is 169 cm³/mol. The van der Waals surface area contributed by atoms with E-state index in [1.54, 1.807) is 0 Å². The number of aryl methyl sites for hydroxylation is 2. The summed E-state index contributed by atoms with van der Waals surface area (Å²) in [7, 11) is -4.19. The number of phosphoric acid groups is 1. The Balaban J connectivity index is 1.61. The minimum absolute atomic E-state index is 0.0400. The second-order valence-corrected chi connectivity index (χ2v) is 12.2. The first kappa shape index (κ1) is 35.3. The zero-order valence-corrected chi connectivity index (χ0v) is 26.6. The number of phosphoric ester groups is 1. The molecular weight excluding hydrogens is 535 g/mol. The van der Waals surface area contributed by atoms with Gasteiger partial charge in [0.05, 0.1) is 13.2 Å². The summed E-state index contributed by atoms with van der Waals surface area (Å²) in [6, 6.07) is 16.0. The van der Waals surface area contributed by atoms with Gasteiger partial charge < -0.3 is 14.4 Å². The van der Waals surface area contributed by atoms with E-state index in [0.717, 1.165) is 48.3 Å². The largest absolute Gasteiger partial charge is 0.491 e. The summed E-state index contributed by atoms with van der Waals surface area (Å²) in [5, 5.41) is 0. The van der Waals surface area contributed by atoms with Crippen molar-refractivity contribution in [2.45, 2.75) is 117 Å². The summed E-state index contributed by atoms with van der Waals surface area (Å²) in [4.78, 5) is 10.1. The first-order valence-electron chi connectivity index (χ1n) is 16.1. The molecule has 1 N–H and O–H groups in total. The highest BCUT2D eigenvalue weighted by molar-refractivity contribution is 7.47. The zero-order valence-electron chi connectivity index (χ0n) is 25.7. The molecule has 0 aliphatic carbocycles. The average Bonchev–Trinajstić information content (AvgIpc) is 2.98. The molecule has 0 spiro atoms. The fourth-order valence-electron chi connectivity index (χ4n) is 4.89. The van der Waals surface area contributed by atoms with E-state index >= 15 is 0 Å². The highest BCUT2D eigenvalue weighted by Crippen LogP contribution is 2.42. The van der Waals surface area contributed by atoms with Crippen LogP contribution in [0.25, 0.3) is 0 Å². The van der Waals surface area contributed by atoms with Crippen LogP contribution in [0.3, 0.4) is 0 Å². The Labute approximate surface area is 249 Å². The molecule has 0 bridgehead atoms. The normalized spacial score (nSPS) is 11.6. The fourth-order valence-corrected chi connectivity index (χ4v) is 5.58. The molecule has 0 aliphatic heterocycles. The molecule has 0 amide bonds. The number of para-hydroxylation sites is 2. The lowest BCUT2D eigenvalue weighted by Crippen LogP contribution is -2.10. The van der Waals surface area contributed by atoms with Crippen molar-refractivity contribution in [3.63, 3.8) is 0 Å². The van der Waals surface area contributed by atoms with Gasteiger partial charge in [0, 0.05) is 0 Å². The number of benzene rings is 2. The van der Waals surface area contributed by atoms with E-state index in [1.165, 1.54) is 77.0 Å². The summed E-state index contributed by atoms with van der Waals surface area (Å²) in [6.07, 6.45) is 19.7. The number of ether oxygens (including phenoxy) is 2. The fraction of sp³-hybridized carbons (Fsp3) is 0.647. The van der Waals surface area contributed by atoms with Gasteiger partial charge in [-0.2, -0.15) is 0 Å². The van der Waals surface area contributed by atoms with Gasteiger partial charge in [0.25, 0.3) is 0 Å². The van der Waals surface area contributed by atoms with Crippen LogP contribution in [-0.2, 0) is 26.5 Å². The molecule has 0 aliphatic rings. The highest BCUT2D eigenvalue weighted by Gasteiger charge is 2.21. The van der Waals surface area contributed by atoms with Crippen LogP contribution in [0.15, 0.2) is 48.5 Å². The molecule has 0 atom stereocenters. The molecule has 0 heterocycles. The Kier molecular flexibility index (Phi) is 19.6. The third-order valence-electron chi connectivity index (χ3n) is 7.24. The number of rotatable bonds is 26. The van der Waals surface area contributed by atoms with Gasteiger partial charge in [-0.05, 0) is 48.9 Å². The molecule has 2 aromatic rings. The van der Waals surface area contributed by atoms with Crippen LogP contribution >= 0.6 is 7.82 Å². The van der Waals surface area contributed by atoms with E-state index in [-0.39, 0.29) is 26.4 Å². The third-order valence-corrected chi connectivity index (χ3v) is 8.25. The van der Waals surface area contributed by atoms with Crippen LogP contribution < -0.4 is 9.47 Å². The second-order valence-electron chi connectivity index (χ2n) is 10.8. The Hall–Kier alpha value is -1.85. The molecule has 0 saturated carbocycles. The van der Waals surface area contributed by atoms with E-state index in [4.69, 9.17) is 18.5 Å². The van der Waals surface area contributed by atoms with Crippen LogP contribution in [0.5, 0.6) is 11.5 Å². The predicted octanol–water partition coefficient (Wildman–Crippen LogP) is 9.86. The first-order valence-corrected chi connectivity index (χ1v) is 17.6. The van der Waals surface area contributed by atoms with Gasteiger partial charge in [0.15, 0.2) is 0 Å². The molecule has 0 radical (unpaired) electrons. The van der Waals surface area contributed by atoms with Gasteiger partial charge in [-0.25, -0.2) is 4.57 Å². The van der Waals surface area contributed by atoms with Gasteiger partial charge in [0.1, 0.15) is 24.7 Å². The van der Waals surface area contributed by atoms with Crippen molar-refractivity contribution < 1.29 is 28.0 Å². The molecule has 0 fully saturated rings. The van der Waals surface area contributed by atoms with Crippen molar-refractivity contribution in [3.8, 4) is 11.5 Å². The first-order chi connectivity index (χ1) is 20.1. The molecule has 0 saturated heterocycles. The number of unbranched alkanes of at least 4 members (excludes halogenated alkanes) is 12. The SMILES string of the molecule is CCCCCCCCCc1ccccc1OCCOP(=O)(O)OCCOc1ccccc1CCCCCCCCC. The van der Waals surface area contributed by atoms with E-state index in [1.807, 2.05) is 36.4 Å². The monoisotopic (exact) mass is 590 g/mol. The number of hydrogen-bond donors (Lipinski definition) is 1. The van der Waals surface area contributed by atoms with Crippen molar-refractivity contribution in [3.05, 3.63) is 59.7 Å². The summed E-state index contributed by atoms with van der Waals surface area (Å²) in [6.45, 7) is 4.74. The summed E-state index contributed by atoms with van der Waals surface area (Å²) < 4.78 is 34.3. The Morgan fingerprint density at radius 3 is 1.32 bits per heavy atom. The minimum atomic E-state index is -4.19. The Morgan fingerprint density at radius 2 is 0.902 bits per heavy atom. The number of hydrogen-bond acceptors (Lipinski definition) is 5. The van der Waals surface area contributed by atoms with Crippen molar-refractivity contribution in [1.82, 2.24) is 0 Å². The van der Waals surface area contributed by atoms with Crippen LogP contribution in [-0.4, -0.2) is 31.3 Å². The average molecular weight is 591 g/mol. The van der Waals surface area contributed by atoms with E-state index in [0.29, 0.717) is 0 Å². The van der Waals surface area contributed by atoms with Crippen LogP contribution in [0.4, 0.5) is 0 Å². The second kappa shape index (κ2) is 22.7. The Bertz CT molecular complexity index is 892. The van der Waals surface area contributed by atoms with Gasteiger partial charge in [-0.15, -0.1) is 0 Å². The minimum Gasteiger partial charge on any atom is -0.491 e. The molecule has 2 rings (SSSR count). The molecule has 0 unspecified atom stereocenters. The van der Waals surface area contributed by atoms with Crippen molar-refractivity contribution in [2.24, 2.45) is 0 Å². The van der Waals surface area contributed by atoms with E-state index < -0.39 is 7.82 Å². The molecule has 6 nitrogen and oxygen atoms in total. The molecule has 7 heteroatoms. The summed E-state index contributed by atoms with van der Waals surface area (Å²) >= 11 is 0. The molecule has 232 valence electrons. The van der Waals surface area contributed by atoms with Crippen LogP contribution in [0, 0.1) is 0 Å². The molecule has 0 aromatic heterocycles. The third kappa shape index (κ3) is 17.0. The maximum absolute atomic E-state index is 12.3. The molecule has 41 heavy (non-hydrogen) atoms.